The normalized spacial score (nSPS) is 16.7. The SMILES string of the molecule is Cc1cc(C(F)(F)F)cc(N2C(=O)OC[C@H]2C(=O)N(C)c2ccc(C)c(Cl)c2)n1. The Morgan fingerprint density at radius 1 is 1.28 bits per heavy atom. The standard InChI is InChI=1S/C19H17ClF3N3O3/c1-10-4-5-13(8-14(10)20)25(3)17(27)15-9-29-18(28)26(15)16-7-12(19(21,22)23)6-11(2)24-16/h4-8,15H,9H2,1-3H3/t15-/m0/s1. The van der Waals surface area contributed by atoms with Gasteiger partial charge in [-0.15, -0.1) is 0 Å². The number of nitrogens with zero attached hydrogens (tertiary/aromatic N) is 3. The number of halogens is 4. The average molecular weight is 428 g/mol. The van der Waals surface area contributed by atoms with Gasteiger partial charge in [0.05, 0.1) is 5.56 Å². The van der Waals surface area contributed by atoms with Crippen LogP contribution in [0.15, 0.2) is 30.3 Å². The molecule has 6 nitrogen and oxygen atoms in total. The van der Waals surface area contributed by atoms with Gasteiger partial charge in [-0.3, -0.25) is 4.79 Å². The highest BCUT2D eigenvalue weighted by Crippen LogP contribution is 2.33. The minimum atomic E-state index is -4.62. The molecular formula is C19H17ClF3N3O3. The van der Waals surface area contributed by atoms with Gasteiger partial charge in [0, 0.05) is 23.5 Å². The van der Waals surface area contributed by atoms with Crippen LogP contribution in [0.2, 0.25) is 5.02 Å². The minimum Gasteiger partial charge on any atom is -0.446 e. The van der Waals surface area contributed by atoms with Gasteiger partial charge < -0.3 is 9.64 Å². The van der Waals surface area contributed by atoms with Gasteiger partial charge in [-0.25, -0.2) is 14.7 Å². The molecule has 1 aromatic carbocycles. The number of anilines is 2. The molecule has 1 aliphatic rings. The Kier molecular flexibility index (Phi) is 5.44. The van der Waals surface area contributed by atoms with Crippen molar-refractivity contribution >= 4 is 35.1 Å². The van der Waals surface area contributed by atoms with Crippen molar-refractivity contribution in [2.24, 2.45) is 0 Å². The molecule has 0 unspecified atom stereocenters. The Balaban J connectivity index is 1.95. The van der Waals surface area contributed by atoms with Crippen LogP contribution >= 0.6 is 11.6 Å². The van der Waals surface area contributed by atoms with Crippen molar-refractivity contribution in [3.05, 3.63) is 52.2 Å². The predicted molar refractivity (Wildman–Crippen MR) is 101 cm³/mol. The number of amides is 2. The molecule has 2 aromatic rings. The molecule has 0 spiro atoms. The predicted octanol–water partition coefficient (Wildman–Crippen LogP) is 4.36. The number of rotatable bonds is 3. The van der Waals surface area contributed by atoms with Crippen molar-refractivity contribution in [1.82, 2.24) is 4.98 Å². The molecule has 154 valence electrons. The van der Waals surface area contributed by atoms with Gasteiger partial charge in [0.25, 0.3) is 5.91 Å². The highest BCUT2D eigenvalue weighted by atomic mass is 35.5. The van der Waals surface area contributed by atoms with E-state index in [0.717, 1.165) is 22.6 Å². The van der Waals surface area contributed by atoms with E-state index in [1.165, 1.54) is 18.9 Å². The molecule has 1 aliphatic heterocycles. The van der Waals surface area contributed by atoms with Crippen LogP contribution in [-0.2, 0) is 15.7 Å². The first-order chi connectivity index (χ1) is 13.5. The van der Waals surface area contributed by atoms with Crippen LogP contribution in [0.1, 0.15) is 16.8 Å². The van der Waals surface area contributed by atoms with E-state index in [-0.39, 0.29) is 18.1 Å². The molecule has 1 atom stereocenters. The Morgan fingerprint density at radius 2 is 1.97 bits per heavy atom. The van der Waals surface area contributed by atoms with E-state index in [4.69, 9.17) is 16.3 Å². The molecule has 0 N–H and O–H groups in total. The number of aryl methyl sites for hydroxylation is 2. The fraction of sp³-hybridized carbons (Fsp3) is 0.316. The third-order valence-corrected chi connectivity index (χ3v) is 4.95. The summed E-state index contributed by atoms with van der Waals surface area (Å²) in [5.41, 5.74) is 0.378. The molecule has 0 radical (unpaired) electrons. The van der Waals surface area contributed by atoms with Crippen LogP contribution in [0.5, 0.6) is 0 Å². The van der Waals surface area contributed by atoms with Gasteiger partial charge >= 0.3 is 12.3 Å². The maximum absolute atomic E-state index is 13.2. The number of cyclic esters (lactones) is 1. The summed E-state index contributed by atoms with van der Waals surface area (Å²) in [6.07, 6.45) is -5.56. The number of alkyl halides is 3. The molecule has 0 aliphatic carbocycles. The molecule has 2 amide bonds. The van der Waals surface area contributed by atoms with Crippen LogP contribution in [-0.4, -0.2) is 36.7 Å². The number of carbonyl (C=O) groups is 2. The lowest BCUT2D eigenvalue weighted by Gasteiger charge is -2.26. The van der Waals surface area contributed by atoms with Crippen LogP contribution in [0.25, 0.3) is 0 Å². The number of likely N-dealkylation sites (N-methyl/N-ethyl adjacent to an activating group) is 1. The molecule has 29 heavy (non-hydrogen) atoms. The zero-order chi connectivity index (χ0) is 21.5. The monoisotopic (exact) mass is 427 g/mol. The van der Waals surface area contributed by atoms with E-state index < -0.39 is 29.8 Å². The first kappa shape index (κ1) is 20.9. The Morgan fingerprint density at radius 3 is 2.59 bits per heavy atom. The number of ether oxygens (including phenoxy) is 1. The fourth-order valence-corrected chi connectivity index (χ4v) is 3.11. The average Bonchev–Trinajstić information content (AvgIpc) is 3.03. The smallest absolute Gasteiger partial charge is 0.416 e. The van der Waals surface area contributed by atoms with Gasteiger partial charge in [-0.1, -0.05) is 17.7 Å². The Labute approximate surface area is 169 Å². The second kappa shape index (κ2) is 7.55. The van der Waals surface area contributed by atoms with Crippen molar-refractivity contribution < 1.29 is 27.5 Å². The summed E-state index contributed by atoms with van der Waals surface area (Å²) in [4.78, 5) is 31.3. The molecule has 1 saturated heterocycles. The molecule has 3 rings (SSSR count). The number of carbonyl (C=O) groups excluding carboxylic acids is 2. The molecule has 1 fully saturated rings. The number of aromatic nitrogens is 1. The fourth-order valence-electron chi connectivity index (χ4n) is 2.94. The Bertz CT molecular complexity index is 981. The molecular weight excluding hydrogens is 411 g/mol. The van der Waals surface area contributed by atoms with E-state index in [1.54, 1.807) is 25.1 Å². The molecule has 0 bridgehead atoms. The molecule has 0 saturated carbocycles. The van der Waals surface area contributed by atoms with E-state index in [2.05, 4.69) is 4.98 Å². The largest absolute Gasteiger partial charge is 0.446 e. The first-order valence-electron chi connectivity index (χ1n) is 8.54. The summed E-state index contributed by atoms with van der Waals surface area (Å²) in [6.45, 7) is 2.87. The molecule has 10 heteroatoms. The number of hydrogen-bond donors (Lipinski definition) is 0. The summed E-state index contributed by atoms with van der Waals surface area (Å²) in [6, 6.07) is 5.41. The van der Waals surface area contributed by atoms with Gasteiger partial charge in [-0.2, -0.15) is 13.2 Å². The van der Waals surface area contributed by atoms with Gasteiger partial charge in [0.15, 0.2) is 6.04 Å². The van der Waals surface area contributed by atoms with Crippen molar-refractivity contribution in [2.75, 3.05) is 23.5 Å². The second-order valence-electron chi connectivity index (χ2n) is 6.65. The zero-order valence-corrected chi connectivity index (χ0v) is 16.5. The first-order valence-corrected chi connectivity index (χ1v) is 8.92. The third-order valence-electron chi connectivity index (χ3n) is 4.55. The van der Waals surface area contributed by atoms with Gasteiger partial charge in [-0.05, 0) is 43.7 Å². The summed E-state index contributed by atoms with van der Waals surface area (Å²) in [5.74, 6) is -0.846. The van der Waals surface area contributed by atoms with E-state index in [9.17, 15) is 22.8 Å². The highest BCUT2D eigenvalue weighted by Gasteiger charge is 2.43. The second-order valence-corrected chi connectivity index (χ2v) is 7.05. The Hall–Kier alpha value is -2.81. The number of benzene rings is 1. The quantitative estimate of drug-likeness (QED) is 0.730. The van der Waals surface area contributed by atoms with Crippen LogP contribution in [0.4, 0.5) is 29.5 Å². The van der Waals surface area contributed by atoms with Crippen LogP contribution in [0, 0.1) is 13.8 Å². The van der Waals surface area contributed by atoms with E-state index >= 15 is 0 Å². The summed E-state index contributed by atoms with van der Waals surface area (Å²) >= 11 is 6.10. The lowest BCUT2D eigenvalue weighted by Crippen LogP contribution is -2.47. The minimum absolute atomic E-state index is 0.0550. The van der Waals surface area contributed by atoms with Crippen LogP contribution in [0.3, 0.4) is 0 Å². The van der Waals surface area contributed by atoms with Gasteiger partial charge in [0.1, 0.15) is 12.4 Å². The topological polar surface area (TPSA) is 62.7 Å². The lowest BCUT2D eigenvalue weighted by molar-refractivity contribution is -0.137. The third kappa shape index (κ3) is 4.14. The summed E-state index contributed by atoms with van der Waals surface area (Å²) < 4.78 is 44.4. The highest BCUT2D eigenvalue weighted by molar-refractivity contribution is 6.31. The van der Waals surface area contributed by atoms with Crippen molar-refractivity contribution in [1.29, 1.82) is 0 Å². The van der Waals surface area contributed by atoms with E-state index in [0.29, 0.717) is 10.7 Å². The molecule has 2 heterocycles. The lowest BCUT2D eigenvalue weighted by atomic mass is 10.1. The summed E-state index contributed by atoms with van der Waals surface area (Å²) in [5, 5.41) is 0.452. The molecule has 1 aromatic heterocycles. The van der Waals surface area contributed by atoms with E-state index in [1.807, 2.05) is 0 Å². The van der Waals surface area contributed by atoms with Gasteiger partial charge in [0.2, 0.25) is 0 Å². The maximum atomic E-state index is 13.2. The van der Waals surface area contributed by atoms with Crippen molar-refractivity contribution in [3.8, 4) is 0 Å². The van der Waals surface area contributed by atoms with Crippen LogP contribution < -0.4 is 9.80 Å². The number of hydrogen-bond acceptors (Lipinski definition) is 4. The number of pyridine rings is 1. The summed E-state index contributed by atoms with van der Waals surface area (Å²) in [7, 11) is 1.48. The zero-order valence-electron chi connectivity index (χ0n) is 15.7. The van der Waals surface area contributed by atoms with Crippen molar-refractivity contribution in [3.63, 3.8) is 0 Å². The van der Waals surface area contributed by atoms with Crippen molar-refractivity contribution in [2.45, 2.75) is 26.1 Å². The maximum Gasteiger partial charge on any atom is 0.416 e.